The molecule has 1 unspecified atom stereocenters. The van der Waals surface area contributed by atoms with Gasteiger partial charge in [-0.15, -0.1) is 10.2 Å². The Morgan fingerprint density at radius 3 is 2.35 bits per heavy atom. The third-order valence-electron chi connectivity index (χ3n) is 5.83. The average molecular weight is 558 g/mol. The van der Waals surface area contributed by atoms with Gasteiger partial charge in [0.1, 0.15) is 11.6 Å². The molecule has 12 nitrogen and oxygen atoms in total. The molecule has 13 heteroatoms. The second-order valence-corrected chi connectivity index (χ2v) is 10.1. The van der Waals surface area contributed by atoms with Crippen LogP contribution in [0, 0.1) is 18.7 Å². The van der Waals surface area contributed by atoms with Crippen molar-refractivity contribution in [2.75, 3.05) is 0 Å². The number of carbonyl (C=O) groups excluding carboxylic acids is 3. The summed E-state index contributed by atoms with van der Waals surface area (Å²) >= 11 is 0. The minimum absolute atomic E-state index is 0.0353. The highest BCUT2D eigenvalue weighted by Crippen LogP contribution is 2.24. The molecule has 0 bridgehead atoms. The molecule has 0 radical (unpaired) electrons. The monoisotopic (exact) mass is 557 g/mol. The number of ketones is 1. The van der Waals surface area contributed by atoms with Gasteiger partial charge in [0.15, 0.2) is 11.5 Å². The molecule has 0 aliphatic heterocycles. The average Bonchev–Trinajstić information content (AvgIpc) is 3.31. The van der Waals surface area contributed by atoms with E-state index in [0.29, 0.717) is 5.56 Å². The molecular formula is C27H32FN5O7. The first-order chi connectivity index (χ1) is 18.7. The fourth-order valence-electron chi connectivity index (χ4n) is 3.82. The van der Waals surface area contributed by atoms with Crippen LogP contribution in [-0.4, -0.2) is 43.7 Å². The lowest BCUT2D eigenvalue weighted by atomic mass is 10.0. The number of halogens is 1. The van der Waals surface area contributed by atoms with Crippen molar-refractivity contribution in [3.63, 3.8) is 0 Å². The maximum Gasteiger partial charge on any atom is 0.309 e. The van der Waals surface area contributed by atoms with Crippen molar-refractivity contribution in [2.24, 2.45) is 13.0 Å². The van der Waals surface area contributed by atoms with Crippen LogP contribution >= 0.6 is 0 Å². The molecular weight excluding hydrogens is 525 g/mol. The van der Waals surface area contributed by atoms with Crippen LogP contribution in [0.25, 0.3) is 0 Å². The Morgan fingerprint density at radius 2 is 1.80 bits per heavy atom. The maximum absolute atomic E-state index is 13.6. The number of aryl methyl sites for hydroxylation is 2. The molecule has 0 spiro atoms. The first-order valence-corrected chi connectivity index (χ1v) is 12.5. The van der Waals surface area contributed by atoms with Crippen molar-refractivity contribution in [1.29, 1.82) is 0 Å². The predicted octanol–water partition coefficient (Wildman–Crippen LogP) is 3.02. The topological polar surface area (TPSA) is 156 Å². The molecule has 0 aliphatic carbocycles. The standard InChI is InChI=1S/C27H32FN5O7/c1-14(2)25(39-16(4)34)40-21-20(19(35)13-10-17-8-11-18(28)12-9-17)29-26(33(7)24(21)37)27(5,6)30-22(36)23-32-31-15(3)38-23/h8-9,11-12,14,25H,10,13H2,1-7H3,(H,30,36). The van der Waals surface area contributed by atoms with E-state index >= 15 is 0 Å². The lowest BCUT2D eigenvalue weighted by molar-refractivity contribution is -0.167. The second-order valence-electron chi connectivity index (χ2n) is 10.1. The maximum atomic E-state index is 13.6. The van der Waals surface area contributed by atoms with E-state index in [9.17, 15) is 23.6 Å². The van der Waals surface area contributed by atoms with Gasteiger partial charge in [-0.25, -0.2) is 9.37 Å². The summed E-state index contributed by atoms with van der Waals surface area (Å²) in [6, 6.07) is 5.67. The smallest absolute Gasteiger partial charge is 0.309 e. The van der Waals surface area contributed by atoms with E-state index in [4.69, 9.17) is 13.9 Å². The fourth-order valence-corrected chi connectivity index (χ4v) is 3.82. The Morgan fingerprint density at radius 1 is 1.15 bits per heavy atom. The lowest BCUT2D eigenvalue weighted by Gasteiger charge is -2.28. The predicted molar refractivity (Wildman–Crippen MR) is 139 cm³/mol. The van der Waals surface area contributed by atoms with Crippen LogP contribution < -0.4 is 15.6 Å². The molecule has 0 fully saturated rings. The highest BCUT2D eigenvalue weighted by molar-refractivity contribution is 5.97. The number of hydrogen-bond acceptors (Lipinski definition) is 10. The molecule has 1 amide bonds. The molecule has 3 rings (SSSR count). The summed E-state index contributed by atoms with van der Waals surface area (Å²) in [5.41, 5.74) is -1.63. The molecule has 1 N–H and O–H groups in total. The van der Waals surface area contributed by atoms with Gasteiger partial charge >= 0.3 is 17.8 Å². The molecule has 0 saturated heterocycles. The third-order valence-corrected chi connectivity index (χ3v) is 5.83. The molecule has 0 aliphatic rings. The van der Waals surface area contributed by atoms with E-state index in [0.717, 1.165) is 4.57 Å². The number of nitrogens with one attached hydrogen (secondary N) is 1. The summed E-state index contributed by atoms with van der Waals surface area (Å²) in [5.74, 6) is -3.12. The first kappa shape index (κ1) is 30.1. The van der Waals surface area contributed by atoms with Gasteiger partial charge in [0.05, 0.1) is 5.54 Å². The van der Waals surface area contributed by atoms with Gasteiger partial charge in [0.25, 0.3) is 5.56 Å². The zero-order chi connectivity index (χ0) is 29.8. The summed E-state index contributed by atoms with van der Waals surface area (Å²) in [4.78, 5) is 55.9. The molecule has 40 heavy (non-hydrogen) atoms. The minimum Gasteiger partial charge on any atom is -0.446 e. The minimum atomic E-state index is -1.30. The summed E-state index contributed by atoms with van der Waals surface area (Å²) in [6.07, 6.45) is -1.02. The lowest BCUT2D eigenvalue weighted by Crippen LogP contribution is -2.46. The molecule has 3 aromatic rings. The quantitative estimate of drug-likeness (QED) is 0.211. The fraction of sp³-hybridized carbons (Fsp3) is 0.444. The van der Waals surface area contributed by atoms with Crippen LogP contribution in [0.1, 0.15) is 79.5 Å². The van der Waals surface area contributed by atoms with Gasteiger partial charge in [-0.3, -0.25) is 23.7 Å². The highest BCUT2D eigenvalue weighted by atomic mass is 19.1. The van der Waals surface area contributed by atoms with Gasteiger partial charge in [-0.1, -0.05) is 26.0 Å². The van der Waals surface area contributed by atoms with Crippen molar-refractivity contribution in [3.05, 3.63) is 69.3 Å². The van der Waals surface area contributed by atoms with Crippen LogP contribution in [0.3, 0.4) is 0 Å². The van der Waals surface area contributed by atoms with Crippen LogP contribution in [-0.2, 0) is 28.5 Å². The molecule has 0 saturated carbocycles. The highest BCUT2D eigenvalue weighted by Gasteiger charge is 2.34. The second kappa shape index (κ2) is 12.2. The number of rotatable bonds is 11. The molecule has 214 valence electrons. The van der Waals surface area contributed by atoms with E-state index in [2.05, 4.69) is 20.5 Å². The normalized spacial score (nSPS) is 12.2. The number of amides is 1. The molecule has 2 aromatic heterocycles. The van der Waals surface area contributed by atoms with Crippen molar-refractivity contribution in [1.82, 2.24) is 25.1 Å². The van der Waals surface area contributed by atoms with Gasteiger partial charge in [0.2, 0.25) is 17.9 Å². The SMILES string of the molecule is CC(=O)OC(Oc1c(C(=O)CCc2ccc(F)cc2)nc(C(C)(C)NC(=O)c2nnc(C)o2)n(C)c1=O)C(C)C. The number of ether oxygens (including phenoxy) is 2. The van der Waals surface area contributed by atoms with Crippen LogP contribution in [0.4, 0.5) is 4.39 Å². The van der Waals surface area contributed by atoms with E-state index in [1.165, 1.54) is 33.0 Å². The Labute approximate surface area is 229 Å². The first-order valence-electron chi connectivity index (χ1n) is 12.5. The van der Waals surface area contributed by atoms with Crippen LogP contribution in [0.5, 0.6) is 5.75 Å². The number of hydrogen-bond donors (Lipinski definition) is 1. The molecule has 1 aromatic carbocycles. The number of nitrogens with zero attached hydrogens (tertiary/aromatic N) is 4. The van der Waals surface area contributed by atoms with Crippen molar-refractivity contribution in [3.8, 4) is 5.75 Å². The van der Waals surface area contributed by atoms with Gasteiger partial charge in [-0.2, -0.15) is 0 Å². The van der Waals surface area contributed by atoms with Crippen molar-refractivity contribution < 1.29 is 32.7 Å². The zero-order valence-corrected chi connectivity index (χ0v) is 23.4. The number of aromatic nitrogens is 4. The van der Waals surface area contributed by atoms with E-state index in [1.807, 2.05) is 0 Å². The Balaban J connectivity index is 2.05. The summed E-state index contributed by atoms with van der Waals surface area (Å²) in [6.45, 7) is 9.32. The van der Waals surface area contributed by atoms with E-state index in [-0.39, 0.29) is 42.1 Å². The van der Waals surface area contributed by atoms with Gasteiger partial charge in [0, 0.05) is 33.2 Å². The van der Waals surface area contributed by atoms with E-state index < -0.39 is 46.6 Å². The number of esters is 1. The van der Waals surface area contributed by atoms with E-state index in [1.54, 1.807) is 39.8 Å². The van der Waals surface area contributed by atoms with Gasteiger partial charge < -0.3 is 19.2 Å². The Bertz CT molecular complexity index is 1460. The van der Waals surface area contributed by atoms with Crippen molar-refractivity contribution in [2.45, 2.75) is 66.2 Å². The Kier molecular flexibility index (Phi) is 9.17. The zero-order valence-electron chi connectivity index (χ0n) is 23.4. The Hall–Kier alpha value is -4.42. The summed E-state index contributed by atoms with van der Waals surface area (Å²) in [5, 5.41) is 10.0. The molecule has 2 heterocycles. The van der Waals surface area contributed by atoms with Crippen LogP contribution in [0.15, 0.2) is 33.5 Å². The van der Waals surface area contributed by atoms with Crippen LogP contribution in [0.2, 0.25) is 0 Å². The van der Waals surface area contributed by atoms with Crippen molar-refractivity contribution >= 4 is 17.7 Å². The van der Waals surface area contributed by atoms with Gasteiger partial charge in [-0.05, 0) is 38.0 Å². The summed E-state index contributed by atoms with van der Waals surface area (Å²) in [7, 11) is 1.41. The number of Topliss-reactive ketones (excluding diaryl/α,β-unsaturated/α-hetero) is 1. The molecule has 1 atom stereocenters. The number of carbonyl (C=O) groups is 3. The number of benzene rings is 1. The summed E-state index contributed by atoms with van der Waals surface area (Å²) < 4.78 is 30.7. The third kappa shape index (κ3) is 7.16. The largest absolute Gasteiger partial charge is 0.446 e.